The van der Waals surface area contributed by atoms with Crippen molar-refractivity contribution in [3.05, 3.63) is 65.0 Å². The average molecular weight is 283 g/mol. The van der Waals surface area contributed by atoms with Crippen LogP contribution in [0.5, 0.6) is 0 Å². The Kier molecular flexibility index (Phi) is 4.70. The van der Waals surface area contributed by atoms with Crippen molar-refractivity contribution in [2.24, 2.45) is 0 Å². The number of hydrogen-bond acceptors (Lipinski definition) is 2. The highest BCUT2D eigenvalue weighted by molar-refractivity contribution is 6.04. The molecule has 2 aromatic rings. The molecule has 0 saturated heterocycles. The molecule has 0 spiro atoms. The molecule has 2 rings (SSSR count). The van der Waals surface area contributed by atoms with Crippen LogP contribution in [0.15, 0.2) is 42.5 Å². The fraction of sp³-hybridized carbons (Fsp3) is 0.118. The number of hydrogen-bond donors (Lipinski definition) is 2. The Balaban J connectivity index is 2.12. The highest BCUT2D eigenvalue weighted by Crippen LogP contribution is 2.14. The van der Waals surface area contributed by atoms with Gasteiger partial charge in [0.25, 0.3) is 5.91 Å². The molecular weight excluding hydrogens is 269 g/mol. The summed E-state index contributed by atoms with van der Waals surface area (Å²) < 4.78 is 13.7. The van der Waals surface area contributed by atoms with Gasteiger partial charge in [0.15, 0.2) is 0 Å². The van der Waals surface area contributed by atoms with E-state index in [2.05, 4.69) is 17.2 Å². The van der Waals surface area contributed by atoms with Crippen LogP contribution in [0.2, 0.25) is 0 Å². The van der Waals surface area contributed by atoms with Gasteiger partial charge in [0.1, 0.15) is 12.4 Å². The van der Waals surface area contributed by atoms with E-state index in [0.717, 1.165) is 11.1 Å². The first-order valence-corrected chi connectivity index (χ1v) is 6.37. The zero-order valence-electron chi connectivity index (χ0n) is 11.5. The second-order valence-electron chi connectivity index (χ2n) is 4.47. The van der Waals surface area contributed by atoms with E-state index in [-0.39, 0.29) is 12.2 Å². The maximum Gasteiger partial charge on any atom is 0.258 e. The summed E-state index contributed by atoms with van der Waals surface area (Å²) in [6.07, 6.45) is 0. The van der Waals surface area contributed by atoms with E-state index in [0.29, 0.717) is 5.69 Å². The molecule has 3 nitrogen and oxygen atoms in total. The van der Waals surface area contributed by atoms with Gasteiger partial charge in [0.2, 0.25) is 0 Å². The normalized spacial score (nSPS) is 9.67. The summed E-state index contributed by atoms with van der Waals surface area (Å²) in [5.74, 6) is 4.24. The second kappa shape index (κ2) is 6.69. The lowest BCUT2D eigenvalue weighted by Crippen LogP contribution is -2.13. The summed E-state index contributed by atoms with van der Waals surface area (Å²) in [4.78, 5) is 12.0. The molecule has 0 atom stereocenters. The van der Waals surface area contributed by atoms with Crippen LogP contribution < -0.4 is 5.32 Å². The number of halogens is 1. The van der Waals surface area contributed by atoms with Crippen molar-refractivity contribution >= 4 is 11.6 Å². The van der Waals surface area contributed by atoms with Gasteiger partial charge in [-0.05, 0) is 48.9 Å². The topological polar surface area (TPSA) is 49.3 Å². The number of aliphatic hydroxyl groups is 1. The van der Waals surface area contributed by atoms with Crippen molar-refractivity contribution in [1.29, 1.82) is 0 Å². The molecule has 0 radical (unpaired) electrons. The van der Waals surface area contributed by atoms with Crippen LogP contribution >= 0.6 is 0 Å². The zero-order chi connectivity index (χ0) is 15.2. The Labute approximate surface area is 122 Å². The number of aliphatic hydroxyl groups excluding tert-OH is 1. The van der Waals surface area contributed by atoms with E-state index in [9.17, 15) is 9.18 Å². The predicted octanol–water partition coefficient (Wildman–Crippen LogP) is 2.73. The fourth-order valence-electron chi connectivity index (χ4n) is 1.78. The molecule has 0 saturated carbocycles. The second-order valence-corrected chi connectivity index (χ2v) is 4.47. The van der Waals surface area contributed by atoms with Gasteiger partial charge in [-0.2, -0.15) is 0 Å². The van der Waals surface area contributed by atoms with Gasteiger partial charge >= 0.3 is 0 Å². The quantitative estimate of drug-likeness (QED) is 0.833. The molecular formula is C17H14FNO2. The van der Waals surface area contributed by atoms with Crippen molar-refractivity contribution in [3.8, 4) is 11.8 Å². The van der Waals surface area contributed by atoms with Gasteiger partial charge in [0.05, 0.1) is 5.56 Å². The Morgan fingerprint density at radius 2 is 1.95 bits per heavy atom. The van der Waals surface area contributed by atoms with Crippen molar-refractivity contribution in [3.63, 3.8) is 0 Å². The lowest BCUT2D eigenvalue weighted by Gasteiger charge is -2.06. The number of amides is 1. The first-order valence-electron chi connectivity index (χ1n) is 6.37. The maximum atomic E-state index is 13.7. The number of aryl methyl sites for hydroxylation is 1. The highest BCUT2D eigenvalue weighted by Gasteiger charge is 2.11. The van der Waals surface area contributed by atoms with E-state index >= 15 is 0 Å². The third-order valence-electron chi connectivity index (χ3n) is 2.82. The molecule has 1 amide bonds. The van der Waals surface area contributed by atoms with Crippen LogP contribution in [-0.4, -0.2) is 17.6 Å². The van der Waals surface area contributed by atoms with Crippen molar-refractivity contribution in [2.45, 2.75) is 6.92 Å². The van der Waals surface area contributed by atoms with E-state index in [1.54, 1.807) is 37.3 Å². The summed E-state index contributed by atoms with van der Waals surface area (Å²) in [6.45, 7) is 1.56. The van der Waals surface area contributed by atoms with Crippen LogP contribution in [-0.2, 0) is 0 Å². The third kappa shape index (κ3) is 3.91. The number of carbonyl (C=O) groups excluding carboxylic acids is 1. The fourth-order valence-corrected chi connectivity index (χ4v) is 1.78. The SMILES string of the molecule is Cc1ccc(C(=O)Nc2ccc(C#CCO)cc2)c(F)c1. The zero-order valence-corrected chi connectivity index (χ0v) is 11.5. The molecule has 21 heavy (non-hydrogen) atoms. The summed E-state index contributed by atoms with van der Waals surface area (Å²) in [7, 11) is 0. The molecule has 2 aromatic carbocycles. The molecule has 0 aromatic heterocycles. The molecule has 106 valence electrons. The van der Waals surface area contributed by atoms with Gasteiger partial charge in [0, 0.05) is 11.3 Å². The van der Waals surface area contributed by atoms with Crippen molar-refractivity contribution < 1.29 is 14.3 Å². The molecule has 2 N–H and O–H groups in total. The molecule has 0 aliphatic carbocycles. The highest BCUT2D eigenvalue weighted by atomic mass is 19.1. The van der Waals surface area contributed by atoms with Gasteiger partial charge in [-0.1, -0.05) is 17.9 Å². The molecule has 4 heteroatoms. The summed E-state index contributed by atoms with van der Waals surface area (Å²) >= 11 is 0. The van der Waals surface area contributed by atoms with Crippen LogP contribution in [0.3, 0.4) is 0 Å². The van der Waals surface area contributed by atoms with E-state index in [1.807, 2.05) is 0 Å². The van der Waals surface area contributed by atoms with Crippen LogP contribution in [0.1, 0.15) is 21.5 Å². The van der Waals surface area contributed by atoms with Gasteiger partial charge < -0.3 is 10.4 Å². The van der Waals surface area contributed by atoms with E-state index in [4.69, 9.17) is 5.11 Å². The molecule has 0 aliphatic heterocycles. The smallest absolute Gasteiger partial charge is 0.258 e. The number of benzene rings is 2. The lowest BCUT2D eigenvalue weighted by molar-refractivity contribution is 0.102. The summed E-state index contributed by atoms with van der Waals surface area (Å²) in [5.41, 5.74) is 2.04. The van der Waals surface area contributed by atoms with Crippen LogP contribution in [0.25, 0.3) is 0 Å². The number of rotatable bonds is 2. The number of anilines is 1. The largest absolute Gasteiger partial charge is 0.384 e. The number of carbonyl (C=O) groups is 1. The first kappa shape index (κ1) is 14.8. The molecule has 0 bridgehead atoms. The average Bonchev–Trinajstić information content (AvgIpc) is 2.46. The minimum Gasteiger partial charge on any atom is -0.384 e. The van der Waals surface area contributed by atoms with Gasteiger partial charge in [-0.3, -0.25) is 4.79 Å². The molecule has 0 fully saturated rings. The minimum absolute atomic E-state index is 0.00440. The van der Waals surface area contributed by atoms with E-state index in [1.165, 1.54) is 12.1 Å². The Morgan fingerprint density at radius 3 is 2.57 bits per heavy atom. The standard InChI is InChI=1S/C17H14FNO2/c1-12-4-9-15(16(18)11-12)17(21)19-14-7-5-13(6-8-14)3-2-10-20/h4-9,11,20H,10H2,1H3,(H,19,21). The summed E-state index contributed by atoms with van der Waals surface area (Å²) in [5, 5.41) is 11.2. The maximum absolute atomic E-state index is 13.7. The minimum atomic E-state index is -0.544. The summed E-state index contributed by atoms with van der Waals surface area (Å²) in [6, 6.07) is 11.2. The molecule has 0 unspecified atom stereocenters. The Morgan fingerprint density at radius 1 is 1.24 bits per heavy atom. The number of nitrogens with one attached hydrogen (secondary N) is 1. The molecule has 0 aliphatic rings. The lowest BCUT2D eigenvalue weighted by atomic mass is 10.1. The monoisotopic (exact) mass is 283 g/mol. The van der Waals surface area contributed by atoms with Crippen LogP contribution in [0.4, 0.5) is 10.1 Å². The predicted molar refractivity (Wildman–Crippen MR) is 79.5 cm³/mol. The van der Waals surface area contributed by atoms with E-state index < -0.39 is 11.7 Å². The Bertz CT molecular complexity index is 712. The van der Waals surface area contributed by atoms with Crippen molar-refractivity contribution in [1.82, 2.24) is 0 Å². The van der Waals surface area contributed by atoms with Gasteiger partial charge in [-0.25, -0.2) is 4.39 Å². The first-order chi connectivity index (χ1) is 10.1. The Hall–Kier alpha value is -2.64. The van der Waals surface area contributed by atoms with Crippen LogP contribution in [0, 0.1) is 24.6 Å². The third-order valence-corrected chi connectivity index (χ3v) is 2.82. The van der Waals surface area contributed by atoms with Gasteiger partial charge in [-0.15, -0.1) is 0 Å². The molecule has 0 heterocycles. The van der Waals surface area contributed by atoms with Crippen molar-refractivity contribution in [2.75, 3.05) is 11.9 Å².